The van der Waals surface area contributed by atoms with E-state index in [-0.39, 0.29) is 6.54 Å². The fourth-order valence-electron chi connectivity index (χ4n) is 2.72. The number of likely N-dealkylation sites (tertiary alicyclic amines) is 1. The Hall–Kier alpha value is 0.0200. The SMILES string of the molecule is OC1(CNC2CCN(CCC(F)(F)F)CC2)CCSC1. The first-order valence-corrected chi connectivity index (χ1v) is 8.34. The van der Waals surface area contributed by atoms with Gasteiger partial charge in [-0.05, 0) is 38.1 Å². The molecule has 1 atom stereocenters. The van der Waals surface area contributed by atoms with Crippen molar-refractivity contribution < 1.29 is 18.3 Å². The van der Waals surface area contributed by atoms with Crippen molar-refractivity contribution in [3.05, 3.63) is 0 Å². The van der Waals surface area contributed by atoms with E-state index in [1.54, 1.807) is 11.8 Å². The first kappa shape index (κ1) is 16.4. The minimum absolute atomic E-state index is 0.108. The maximum Gasteiger partial charge on any atom is 0.390 e. The van der Waals surface area contributed by atoms with Crippen LogP contribution in [0.2, 0.25) is 0 Å². The van der Waals surface area contributed by atoms with Gasteiger partial charge in [0, 0.05) is 24.9 Å². The number of hydrogen-bond donors (Lipinski definition) is 2. The van der Waals surface area contributed by atoms with Crippen LogP contribution in [0.5, 0.6) is 0 Å². The van der Waals surface area contributed by atoms with Crippen molar-refractivity contribution in [3.8, 4) is 0 Å². The maximum atomic E-state index is 12.2. The van der Waals surface area contributed by atoms with Crippen LogP contribution in [-0.2, 0) is 0 Å². The lowest BCUT2D eigenvalue weighted by Gasteiger charge is -2.34. The molecule has 0 bridgehead atoms. The van der Waals surface area contributed by atoms with Crippen LogP contribution in [0.15, 0.2) is 0 Å². The monoisotopic (exact) mass is 312 g/mol. The zero-order valence-electron chi connectivity index (χ0n) is 11.6. The molecular weight excluding hydrogens is 289 g/mol. The van der Waals surface area contributed by atoms with Gasteiger partial charge in [-0.3, -0.25) is 0 Å². The number of aliphatic hydroxyl groups is 1. The van der Waals surface area contributed by atoms with Gasteiger partial charge < -0.3 is 15.3 Å². The molecular formula is C13H23F3N2OS. The summed E-state index contributed by atoms with van der Waals surface area (Å²) in [4.78, 5) is 1.88. The third-order valence-electron chi connectivity index (χ3n) is 4.10. The Labute approximate surface area is 122 Å². The van der Waals surface area contributed by atoms with Gasteiger partial charge in [0.25, 0.3) is 0 Å². The summed E-state index contributed by atoms with van der Waals surface area (Å²) in [7, 11) is 0. The molecule has 2 heterocycles. The zero-order chi connectivity index (χ0) is 14.6. The molecule has 7 heteroatoms. The first-order chi connectivity index (χ1) is 9.36. The van der Waals surface area contributed by atoms with Crippen LogP contribution in [0, 0.1) is 0 Å². The third kappa shape index (κ3) is 5.42. The predicted octanol–water partition coefficient (Wildman–Crippen LogP) is 1.86. The molecule has 0 radical (unpaired) electrons. The van der Waals surface area contributed by atoms with Crippen molar-refractivity contribution in [1.82, 2.24) is 10.2 Å². The number of nitrogens with zero attached hydrogens (tertiary/aromatic N) is 1. The summed E-state index contributed by atoms with van der Waals surface area (Å²) in [6.45, 7) is 2.13. The lowest BCUT2D eigenvalue weighted by atomic mass is 10.0. The van der Waals surface area contributed by atoms with Crippen molar-refractivity contribution in [2.24, 2.45) is 0 Å². The minimum Gasteiger partial charge on any atom is -0.388 e. The van der Waals surface area contributed by atoms with E-state index in [1.807, 2.05) is 4.90 Å². The largest absolute Gasteiger partial charge is 0.390 e. The Morgan fingerprint density at radius 2 is 2.00 bits per heavy atom. The fraction of sp³-hybridized carbons (Fsp3) is 1.00. The molecule has 2 aliphatic heterocycles. The maximum absolute atomic E-state index is 12.2. The Bertz CT molecular complexity index is 300. The number of alkyl halides is 3. The van der Waals surface area contributed by atoms with Crippen molar-refractivity contribution in [1.29, 1.82) is 0 Å². The van der Waals surface area contributed by atoms with E-state index < -0.39 is 18.2 Å². The molecule has 0 amide bonds. The van der Waals surface area contributed by atoms with Gasteiger partial charge in [-0.25, -0.2) is 0 Å². The quantitative estimate of drug-likeness (QED) is 0.812. The molecule has 0 aromatic rings. The van der Waals surface area contributed by atoms with Crippen molar-refractivity contribution in [3.63, 3.8) is 0 Å². The van der Waals surface area contributed by atoms with Crippen LogP contribution < -0.4 is 5.32 Å². The van der Waals surface area contributed by atoms with E-state index in [1.165, 1.54) is 0 Å². The van der Waals surface area contributed by atoms with Crippen molar-refractivity contribution in [2.45, 2.75) is 43.5 Å². The summed E-state index contributed by atoms with van der Waals surface area (Å²) in [5, 5.41) is 13.6. The second-order valence-electron chi connectivity index (χ2n) is 5.89. The highest BCUT2D eigenvalue weighted by molar-refractivity contribution is 7.99. The van der Waals surface area contributed by atoms with Gasteiger partial charge in [0.1, 0.15) is 0 Å². The van der Waals surface area contributed by atoms with E-state index in [4.69, 9.17) is 0 Å². The van der Waals surface area contributed by atoms with Gasteiger partial charge in [0.2, 0.25) is 0 Å². The summed E-state index contributed by atoms with van der Waals surface area (Å²) in [6.07, 6.45) is -2.22. The van der Waals surface area contributed by atoms with Crippen LogP contribution in [0.4, 0.5) is 13.2 Å². The predicted molar refractivity (Wildman–Crippen MR) is 75.0 cm³/mol. The average molecular weight is 312 g/mol. The summed E-state index contributed by atoms with van der Waals surface area (Å²) in [5.74, 6) is 1.79. The summed E-state index contributed by atoms with van der Waals surface area (Å²) < 4.78 is 36.5. The number of nitrogens with one attached hydrogen (secondary N) is 1. The molecule has 2 aliphatic rings. The number of hydrogen-bond acceptors (Lipinski definition) is 4. The number of halogens is 3. The smallest absolute Gasteiger partial charge is 0.388 e. The first-order valence-electron chi connectivity index (χ1n) is 7.19. The molecule has 1 unspecified atom stereocenters. The highest BCUT2D eigenvalue weighted by atomic mass is 32.2. The molecule has 2 N–H and O–H groups in total. The number of piperidine rings is 1. The molecule has 3 nitrogen and oxygen atoms in total. The summed E-state index contributed by atoms with van der Waals surface area (Å²) in [6, 6.07) is 0.326. The molecule has 20 heavy (non-hydrogen) atoms. The van der Waals surface area contributed by atoms with Gasteiger partial charge in [-0.1, -0.05) is 0 Å². The third-order valence-corrected chi connectivity index (χ3v) is 5.34. The molecule has 0 aliphatic carbocycles. The molecule has 0 saturated carbocycles. The summed E-state index contributed by atoms with van der Waals surface area (Å²) in [5.41, 5.74) is -0.585. The highest BCUT2D eigenvalue weighted by Crippen LogP contribution is 2.27. The van der Waals surface area contributed by atoms with Crippen LogP contribution in [0.25, 0.3) is 0 Å². The second-order valence-corrected chi connectivity index (χ2v) is 6.99. The molecule has 118 valence electrons. The minimum atomic E-state index is -4.06. The van der Waals surface area contributed by atoms with E-state index in [9.17, 15) is 18.3 Å². The Kier molecular flexibility index (Phi) is 5.62. The molecule has 2 saturated heterocycles. The zero-order valence-corrected chi connectivity index (χ0v) is 12.4. The van der Waals surface area contributed by atoms with E-state index in [0.29, 0.717) is 25.7 Å². The van der Waals surface area contributed by atoms with Gasteiger partial charge in [0.05, 0.1) is 12.0 Å². The molecule has 0 aromatic heterocycles. The average Bonchev–Trinajstić information content (AvgIpc) is 2.82. The van der Waals surface area contributed by atoms with Gasteiger partial charge in [-0.15, -0.1) is 0 Å². The lowest BCUT2D eigenvalue weighted by molar-refractivity contribution is -0.138. The topological polar surface area (TPSA) is 35.5 Å². The molecule has 2 fully saturated rings. The molecule has 0 aromatic carbocycles. The van der Waals surface area contributed by atoms with E-state index in [0.717, 1.165) is 30.8 Å². The number of thioether (sulfide) groups is 1. The fourth-order valence-corrected chi connectivity index (χ4v) is 4.01. The van der Waals surface area contributed by atoms with Crippen LogP contribution in [0.3, 0.4) is 0 Å². The van der Waals surface area contributed by atoms with Crippen LogP contribution >= 0.6 is 11.8 Å². The highest BCUT2D eigenvalue weighted by Gasteiger charge is 2.33. The molecule has 2 rings (SSSR count). The number of rotatable bonds is 5. The van der Waals surface area contributed by atoms with Crippen LogP contribution in [0.1, 0.15) is 25.7 Å². The van der Waals surface area contributed by atoms with Gasteiger partial charge in [0.15, 0.2) is 0 Å². The van der Waals surface area contributed by atoms with Crippen molar-refractivity contribution in [2.75, 3.05) is 37.7 Å². The van der Waals surface area contributed by atoms with Crippen LogP contribution in [-0.4, -0.2) is 65.5 Å². The Balaban J connectivity index is 1.62. The van der Waals surface area contributed by atoms with E-state index >= 15 is 0 Å². The molecule has 0 spiro atoms. The van der Waals surface area contributed by atoms with Gasteiger partial charge in [-0.2, -0.15) is 24.9 Å². The normalized spacial score (nSPS) is 30.0. The Morgan fingerprint density at radius 1 is 1.30 bits per heavy atom. The summed E-state index contributed by atoms with van der Waals surface area (Å²) >= 11 is 1.77. The lowest BCUT2D eigenvalue weighted by Crippen LogP contribution is -2.49. The Morgan fingerprint density at radius 3 is 2.55 bits per heavy atom. The van der Waals surface area contributed by atoms with E-state index in [2.05, 4.69) is 5.32 Å². The van der Waals surface area contributed by atoms with Crippen molar-refractivity contribution >= 4 is 11.8 Å². The standard InChI is InChI=1S/C13H23F3N2OS/c14-13(15,16)3-7-18-5-1-11(2-6-18)17-9-12(19)4-8-20-10-12/h11,17,19H,1-10H2. The van der Waals surface area contributed by atoms with Gasteiger partial charge >= 0.3 is 6.18 Å². The second kappa shape index (κ2) is 6.85.